The summed E-state index contributed by atoms with van der Waals surface area (Å²) in [6.45, 7) is 9.42. The van der Waals surface area contributed by atoms with E-state index < -0.39 is 26.8 Å². The molecule has 50 heavy (non-hydrogen) atoms. The first-order chi connectivity index (χ1) is 23.8. The van der Waals surface area contributed by atoms with Gasteiger partial charge in [-0.3, -0.25) is 4.79 Å². The Hall–Kier alpha value is -3.34. The van der Waals surface area contributed by atoms with E-state index in [2.05, 4.69) is 39.1 Å². The number of allylic oxidation sites excluding steroid dienone is 1. The maximum Gasteiger partial charge on any atom is 0.264 e. The van der Waals surface area contributed by atoms with Crippen molar-refractivity contribution in [3.63, 3.8) is 0 Å². The molecule has 0 unspecified atom stereocenters. The minimum absolute atomic E-state index is 0.164. The summed E-state index contributed by atoms with van der Waals surface area (Å²) < 4.78 is 48.2. The number of aromatic nitrogens is 1. The lowest BCUT2D eigenvalue weighted by atomic mass is 9.62. The number of halogens is 1. The van der Waals surface area contributed by atoms with Gasteiger partial charge < -0.3 is 18.9 Å². The van der Waals surface area contributed by atoms with E-state index in [0.29, 0.717) is 31.7 Å². The Labute approximate surface area is 300 Å². The highest BCUT2D eigenvalue weighted by Crippen LogP contribution is 2.50. The van der Waals surface area contributed by atoms with Gasteiger partial charge in [-0.25, -0.2) is 13.1 Å². The van der Waals surface area contributed by atoms with Crippen molar-refractivity contribution in [1.29, 1.82) is 0 Å². The van der Waals surface area contributed by atoms with Crippen LogP contribution in [0.5, 0.6) is 5.75 Å². The molecule has 3 heterocycles. The molecule has 1 amide bonds. The summed E-state index contributed by atoms with van der Waals surface area (Å²) in [5, 5.41) is 4.37. The zero-order valence-corrected chi connectivity index (χ0v) is 31.2. The molecule has 7 rings (SSSR count). The quantitative estimate of drug-likeness (QED) is 0.285. The number of hydrogen-bond donors (Lipinski definition) is 1. The van der Waals surface area contributed by atoms with Crippen LogP contribution in [0.3, 0.4) is 0 Å². The molecule has 1 saturated carbocycles. The second kappa shape index (κ2) is 13.3. The summed E-state index contributed by atoms with van der Waals surface area (Å²) in [5.74, 6) is 1.02. The SMILES string of the molecule is CO[C@]1(Cc2noc(C)c2C)/C=C/C[C@H](C)[C@@H](C)S(=O)(=O)NC(=O)c2ccc3c(c2)N(C[C@@H]2CC[C@H]21)C[C@@]1(CCCc2cc(Cl)ccc21)CO3. The summed E-state index contributed by atoms with van der Waals surface area (Å²) >= 11 is 6.47. The molecule has 6 atom stereocenters. The van der Waals surface area contributed by atoms with Crippen LogP contribution in [0.25, 0.3) is 0 Å². The Morgan fingerprint density at radius 2 is 1.96 bits per heavy atom. The molecule has 2 aliphatic heterocycles. The van der Waals surface area contributed by atoms with Gasteiger partial charge in [0.25, 0.3) is 5.91 Å². The number of nitrogens with one attached hydrogen (secondary N) is 1. The van der Waals surface area contributed by atoms with Crippen molar-refractivity contribution >= 4 is 33.2 Å². The molecule has 2 aliphatic carbocycles. The number of methoxy groups -OCH3 is 1. The number of carbonyl (C=O) groups excluding carboxylic acids is 1. The van der Waals surface area contributed by atoms with Crippen LogP contribution in [0.15, 0.2) is 53.1 Å². The number of benzene rings is 2. The van der Waals surface area contributed by atoms with Crippen molar-refractivity contribution in [2.75, 3.05) is 31.7 Å². The molecule has 1 spiro atoms. The lowest BCUT2D eigenvalue weighted by Gasteiger charge is -2.50. The van der Waals surface area contributed by atoms with Gasteiger partial charge in [-0.05, 0) is 119 Å². The molecule has 2 aromatic carbocycles. The van der Waals surface area contributed by atoms with Gasteiger partial charge in [0.1, 0.15) is 11.5 Å². The number of hydrogen-bond acceptors (Lipinski definition) is 8. The standard InChI is InChI=1S/C39H48ClN3O6S/c1-24-8-6-17-39(47-5,20-34-25(2)26(3)49-41-34)33-13-10-30(33)21-43-22-38(16-7-9-28-18-31(40)12-14-32(28)38)23-48-36-15-11-29(19-35(36)43)37(44)42-50(45,46)27(24)4/h6,11-12,14-15,17-19,24,27,30,33H,7-10,13,16,20-23H2,1-5H3,(H,42,44)/b17-6+/t24-,27+,30-,33+,38-,39-/m0/s1. The number of rotatable bonds is 3. The summed E-state index contributed by atoms with van der Waals surface area (Å²) in [7, 11) is -2.20. The third-order valence-corrected chi connectivity index (χ3v) is 14.5. The van der Waals surface area contributed by atoms with Crippen LogP contribution in [0.1, 0.15) is 84.5 Å². The van der Waals surface area contributed by atoms with Crippen LogP contribution in [0.4, 0.5) is 5.69 Å². The maximum absolute atomic E-state index is 13.6. The number of nitrogens with zero attached hydrogens (tertiary/aromatic N) is 2. The average Bonchev–Trinajstić information content (AvgIpc) is 3.30. The summed E-state index contributed by atoms with van der Waals surface area (Å²) in [6, 6.07) is 11.5. The third-order valence-electron chi connectivity index (χ3n) is 12.3. The van der Waals surface area contributed by atoms with E-state index in [0.717, 1.165) is 66.4 Å². The van der Waals surface area contributed by atoms with Crippen molar-refractivity contribution in [2.45, 2.75) is 88.9 Å². The number of ether oxygens (including phenoxy) is 2. The fourth-order valence-electron chi connectivity index (χ4n) is 8.73. The first-order valence-corrected chi connectivity index (χ1v) is 19.8. The van der Waals surface area contributed by atoms with E-state index in [9.17, 15) is 13.2 Å². The molecule has 0 saturated heterocycles. The van der Waals surface area contributed by atoms with E-state index in [1.54, 1.807) is 20.1 Å². The van der Waals surface area contributed by atoms with E-state index in [1.807, 2.05) is 39.0 Å². The Bertz CT molecular complexity index is 1930. The molecule has 4 aliphatic rings. The monoisotopic (exact) mass is 721 g/mol. The number of aryl methyl sites for hydroxylation is 2. The first kappa shape index (κ1) is 35.1. The second-order valence-corrected chi connectivity index (χ2v) is 17.6. The van der Waals surface area contributed by atoms with Crippen molar-refractivity contribution in [1.82, 2.24) is 9.88 Å². The normalized spacial score (nSPS) is 31.4. The van der Waals surface area contributed by atoms with Gasteiger partial charge in [-0.1, -0.05) is 41.9 Å². The summed E-state index contributed by atoms with van der Waals surface area (Å²) in [5.41, 5.74) is 4.52. The van der Waals surface area contributed by atoms with Crippen molar-refractivity contribution in [2.24, 2.45) is 17.8 Å². The predicted octanol–water partition coefficient (Wildman–Crippen LogP) is 7.12. The number of fused-ring (bicyclic) bond motifs is 4. The van der Waals surface area contributed by atoms with Crippen LogP contribution in [0, 0.1) is 31.6 Å². The smallest absolute Gasteiger partial charge is 0.264 e. The fourth-order valence-corrected chi connectivity index (χ4v) is 10.2. The number of sulfonamides is 1. The molecule has 9 nitrogen and oxygen atoms in total. The molecular weight excluding hydrogens is 674 g/mol. The minimum Gasteiger partial charge on any atom is -0.490 e. The average molecular weight is 722 g/mol. The van der Waals surface area contributed by atoms with Gasteiger partial charge in [-0.15, -0.1) is 0 Å². The molecule has 11 heteroatoms. The molecule has 1 fully saturated rings. The van der Waals surface area contributed by atoms with Crippen LogP contribution in [-0.2, 0) is 33.0 Å². The molecule has 3 aromatic rings. The Morgan fingerprint density at radius 1 is 1.14 bits per heavy atom. The number of amides is 1. The van der Waals surface area contributed by atoms with Crippen LogP contribution in [0.2, 0.25) is 5.02 Å². The molecular formula is C39H48ClN3O6S. The van der Waals surface area contributed by atoms with E-state index in [-0.39, 0.29) is 28.7 Å². The lowest BCUT2D eigenvalue weighted by molar-refractivity contribution is -0.0754. The van der Waals surface area contributed by atoms with Gasteiger partial charge in [0, 0.05) is 48.2 Å². The largest absolute Gasteiger partial charge is 0.490 e. The summed E-state index contributed by atoms with van der Waals surface area (Å²) in [6.07, 6.45) is 10.2. The summed E-state index contributed by atoms with van der Waals surface area (Å²) in [4.78, 5) is 16.0. The second-order valence-electron chi connectivity index (χ2n) is 15.2. The minimum atomic E-state index is -3.97. The first-order valence-electron chi connectivity index (χ1n) is 17.9. The zero-order chi connectivity index (χ0) is 35.4. The van der Waals surface area contributed by atoms with Crippen LogP contribution < -0.4 is 14.4 Å². The highest BCUT2D eigenvalue weighted by atomic mass is 35.5. The Balaban J connectivity index is 1.34. The maximum atomic E-state index is 13.6. The highest BCUT2D eigenvalue weighted by Gasteiger charge is 2.49. The van der Waals surface area contributed by atoms with Gasteiger partial charge >= 0.3 is 0 Å². The van der Waals surface area contributed by atoms with Crippen molar-refractivity contribution in [3.05, 3.63) is 87.3 Å². The molecule has 1 N–H and O–H groups in total. The molecule has 1 aromatic heterocycles. The van der Waals surface area contributed by atoms with Gasteiger partial charge in [0.15, 0.2) is 0 Å². The zero-order valence-electron chi connectivity index (χ0n) is 29.6. The fraction of sp³-hybridized carbons (Fsp3) is 0.538. The number of carbonyl (C=O) groups is 1. The highest BCUT2D eigenvalue weighted by molar-refractivity contribution is 7.90. The van der Waals surface area contributed by atoms with Crippen LogP contribution in [-0.4, -0.2) is 57.1 Å². The van der Waals surface area contributed by atoms with Gasteiger partial charge in [0.2, 0.25) is 10.0 Å². The van der Waals surface area contributed by atoms with E-state index in [1.165, 1.54) is 11.1 Å². The molecule has 0 radical (unpaired) electrons. The Morgan fingerprint density at radius 3 is 2.68 bits per heavy atom. The van der Waals surface area contributed by atoms with Crippen molar-refractivity contribution < 1.29 is 27.2 Å². The predicted molar refractivity (Wildman–Crippen MR) is 195 cm³/mol. The van der Waals surface area contributed by atoms with Gasteiger partial charge in [-0.2, -0.15) is 0 Å². The topological polar surface area (TPSA) is 111 Å². The third kappa shape index (κ3) is 6.26. The van der Waals surface area contributed by atoms with Gasteiger partial charge in [0.05, 0.1) is 28.8 Å². The number of anilines is 1. The van der Waals surface area contributed by atoms with Crippen molar-refractivity contribution in [3.8, 4) is 5.75 Å². The van der Waals surface area contributed by atoms with Crippen LogP contribution >= 0.6 is 11.6 Å². The molecule has 268 valence electrons. The lowest BCUT2D eigenvalue weighted by Crippen LogP contribution is -2.54. The molecule has 2 bridgehead atoms. The van der Waals surface area contributed by atoms with E-state index in [4.69, 9.17) is 25.6 Å². The van der Waals surface area contributed by atoms with E-state index >= 15 is 0 Å². The Kier molecular flexibility index (Phi) is 9.35.